The van der Waals surface area contributed by atoms with E-state index in [1.807, 2.05) is 6.07 Å². The van der Waals surface area contributed by atoms with Crippen LogP contribution >= 0.6 is 11.6 Å². The summed E-state index contributed by atoms with van der Waals surface area (Å²) in [5.41, 5.74) is 2.27. The fourth-order valence-corrected chi connectivity index (χ4v) is 3.55. The van der Waals surface area contributed by atoms with Gasteiger partial charge in [0.15, 0.2) is 0 Å². The Morgan fingerprint density at radius 1 is 1.40 bits per heavy atom. The van der Waals surface area contributed by atoms with Gasteiger partial charge in [-0.25, -0.2) is 13.1 Å². The molecule has 0 spiro atoms. The fourth-order valence-electron chi connectivity index (χ4n) is 2.19. The Labute approximate surface area is 123 Å². The Kier molecular flexibility index (Phi) is 4.67. The minimum Gasteiger partial charge on any atom is -0.468 e. The molecular formula is C13H16ClNO4S. The highest BCUT2D eigenvalue weighted by Gasteiger charge is 2.22. The van der Waals surface area contributed by atoms with E-state index in [1.165, 1.54) is 12.7 Å². The van der Waals surface area contributed by atoms with Gasteiger partial charge in [0, 0.05) is 6.54 Å². The van der Waals surface area contributed by atoms with E-state index in [0.717, 1.165) is 24.8 Å². The maximum atomic E-state index is 12.1. The molecule has 0 saturated carbocycles. The molecule has 1 N–H and O–H groups in total. The second-order valence-electron chi connectivity index (χ2n) is 4.63. The number of aryl methyl sites for hydroxylation is 2. The van der Waals surface area contributed by atoms with Crippen molar-refractivity contribution in [2.45, 2.75) is 29.5 Å². The first-order valence-electron chi connectivity index (χ1n) is 6.27. The summed E-state index contributed by atoms with van der Waals surface area (Å²) in [4.78, 5) is 11.3. The van der Waals surface area contributed by atoms with Gasteiger partial charge in [0.25, 0.3) is 0 Å². The van der Waals surface area contributed by atoms with Crippen LogP contribution in [0, 0.1) is 0 Å². The smallest absolute Gasteiger partial charge is 0.325 e. The van der Waals surface area contributed by atoms with Gasteiger partial charge in [0.2, 0.25) is 10.0 Å². The molecule has 1 aromatic rings. The van der Waals surface area contributed by atoms with Crippen molar-refractivity contribution in [3.63, 3.8) is 0 Å². The van der Waals surface area contributed by atoms with E-state index in [-0.39, 0.29) is 11.4 Å². The topological polar surface area (TPSA) is 72.5 Å². The lowest BCUT2D eigenvalue weighted by Gasteiger charge is -2.10. The molecule has 20 heavy (non-hydrogen) atoms. The van der Waals surface area contributed by atoms with E-state index in [2.05, 4.69) is 9.46 Å². The van der Waals surface area contributed by atoms with E-state index in [9.17, 15) is 13.2 Å². The third-order valence-electron chi connectivity index (χ3n) is 3.29. The molecule has 0 amide bonds. The minimum absolute atomic E-state index is 0.201. The van der Waals surface area contributed by atoms with Crippen LogP contribution in [0.15, 0.2) is 23.1 Å². The number of esters is 1. The van der Waals surface area contributed by atoms with Crippen LogP contribution in [0.4, 0.5) is 0 Å². The van der Waals surface area contributed by atoms with Gasteiger partial charge in [0.05, 0.1) is 12.0 Å². The Bertz CT molecular complexity index is 615. The fraction of sp³-hybridized carbons (Fsp3) is 0.462. The quantitative estimate of drug-likeness (QED) is 0.655. The molecule has 0 fully saturated rings. The molecular weight excluding hydrogens is 302 g/mol. The number of methoxy groups -OCH3 is 1. The molecule has 110 valence electrons. The molecule has 7 heteroatoms. The van der Waals surface area contributed by atoms with E-state index >= 15 is 0 Å². The molecule has 1 aliphatic rings. The Morgan fingerprint density at radius 3 is 2.80 bits per heavy atom. The number of ether oxygens (including phenoxy) is 1. The summed E-state index contributed by atoms with van der Waals surface area (Å²) in [6.07, 6.45) is 2.95. The van der Waals surface area contributed by atoms with E-state index < -0.39 is 21.4 Å². The van der Waals surface area contributed by atoms with Crippen molar-refractivity contribution in [2.24, 2.45) is 0 Å². The summed E-state index contributed by atoms with van der Waals surface area (Å²) in [6.45, 7) is -0.201. The average Bonchev–Trinajstić information content (AvgIpc) is 2.91. The highest BCUT2D eigenvalue weighted by Crippen LogP contribution is 2.24. The SMILES string of the molecule is COC(=O)C(Cl)CNS(=O)(=O)c1ccc2c(c1)CCC2. The second-order valence-corrected chi connectivity index (χ2v) is 6.92. The number of hydrogen-bond acceptors (Lipinski definition) is 4. The molecule has 0 aromatic heterocycles. The van der Waals surface area contributed by atoms with Gasteiger partial charge in [-0.05, 0) is 42.5 Å². The molecule has 1 aromatic carbocycles. The number of fused-ring (bicyclic) bond motifs is 1. The average molecular weight is 318 g/mol. The first kappa shape index (κ1) is 15.3. The first-order valence-corrected chi connectivity index (χ1v) is 8.19. The maximum Gasteiger partial charge on any atom is 0.325 e. The highest BCUT2D eigenvalue weighted by atomic mass is 35.5. The van der Waals surface area contributed by atoms with E-state index in [0.29, 0.717) is 0 Å². The van der Waals surface area contributed by atoms with Crippen LogP contribution < -0.4 is 4.72 Å². The predicted octanol–water partition coefficient (Wildman–Crippen LogP) is 1.23. The molecule has 0 bridgehead atoms. The monoisotopic (exact) mass is 317 g/mol. The van der Waals surface area contributed by atoms with Gasteiger partial charge in [-0.15, -0.1) is 11.6 Å². The number of carbonyl (C=O) groups is 1. The summed E-state index contributed by atoms with van der Waals surface area (Å²) >= 11 is 5.72. The zero-order valence-corrected chi connectivity index (χ0v) is 12.6. The van der Waals surface area contributed by atoms with Gasteiger partial charge < -0.3 is 4.74 Å². The van der Waals surface area contributed by atoms with Crippen molar-refractivity contribution in [2.75, 3.05) is 13.7 Å². The van der Waals surface area contributed by atoms with Crippen molar-refractivity contribution >= 4 is 27.6 Å². The highest BCUT2D eigenvalue weighted by molar-refractivity contribution is 7.89. The third kappa shape index (κ3) is 3.31. The van der Waals surface area contributed by atoms with E-state index in [4.69, 9.17) is 11.6 Å². The molecule has 0 aliphatic heterocycles. The van der Waals surface area contributed by atoms with Gasteiger partial charge in [-0.2, -0.15) is 0 Å². The third-order valence-corrected chi connectivity index (χ3v) is 5.04. The standard InChI is InChI=1S/C13H16ClNO4S/c1-19-13(16)12(14)8-15-20(17,18)11-6-5-9-3-2-4-10(9)7-11/h5-7,12,15H,2-4,8H2,1H3. The van der Waals surface area contributed by atoms with Crippen molar-refractivity contribution in [3.8, 4) is 0 Å². The summed E-state index contributed by atoms with van der Waals surface area (Å²) in [6, 6.07) is 5.11. The molecule has 0 saturated heterocycles. The van der Waals surface area contributed by atoms with Gasteiger partial charge in [-0.3, -0.25) is 4.79 Å². The van der Waals surface area contributed by atoms with Crippen molar-refractivity contribution in [1.82, 2.24) is 4.72 Å². The van der Waals surface area contributed by atoms with E-state index in [1.54, 1.807) is 12.1 Å². The number of alkyl halides is 1. The summed E-state index contributed by atoms with van der Waals surface area (Å²) in [7, 11) is -2.46. The Balaban J connectivity index is 2.09. The minimum atomic E-state index is -3.66. The molecule has 1 aliphatic carbocycles. The van der Waals surface area contributed by atoms with Crippen LogP contribution in [0.2, 0.25) is 0 Å². The summed E-state index contributed by atoms with van der Waals surface area (Å²) in [5.74, 6) is -0.664. The number of sulfonamides is 1. The Morgan fingerprint density at radius 2 is 2.10 bits per heavy atom. The zero-order chi connectivity index (χ0) is 14.8. The lowest BCUT2D eigenvalue weighted by Crippen LogP contribution is -2.34. The summed E-state index contributed by atoms with van der Waals surface area (Å²) in [5, 5.41) is -1.04. The molecule has 1 atom stereocenters. The number of carbonyl (C=O) groups excluding carboxylic acids is 1. The number of rotatable bonds is 5. The van der Waals surface area contributed by atoms with Crippen LogP contribution in [0.1, 0.15) is 17.5 Å². The zero-order valence-electron chi connectivity index (χ0n) is 11.1. The largest absolute Gasteiger partial charge is 0.468 e. The van der Waals surface area contributed by atoms with Gasteiger partial charge in [-0.1, -0.05) is 6.07 Å². The number of halogens is 1. The lowest BCUT2D eigenvalue weighted by molar-refractivity contribution is -0.140. The lowest BCUT2D eigenvalue weighted by atomic mass is 10.1. The van der Waals surface area contributed by atoms with Crippen LogP contribution in [-0.4, -0.2) is 33.4 Å². The molecule has 0 heterocycles. The normalized spacial score (nSPS) is 15.7. The van der Waals surface area contributed by atoms with Gasteiger partial charge >= 0.3 is 5.97 Å². The second kappa shape index (κ2) is 6.11. The molecule has 1 unspecified atom stereocenters. The van der Waals surface area contributed by atoms with Crippen LogP contribution in [0.25, 0.3) is 0 Å². The predicted molar refractivity (Wildman–Crippen MR) is 75.3 cm³/mol. The first-order chi connectivity index (χ1) is 9.44. The number of nitrogens with one attached hydrogen (secondary N) is 1. The molecule has 5 nitrogen and oxygen atoms in total. The van der Waals surface area contributed by atoms with Crippen LogP contribution in [-0.2, 0) is 32.4 Å². The van der Waals surface area contributed by atoms with Crippen molar-refractivity contribution in [1.29, 1.82) is 0 Å². The van der Waals surface area contributed by atoms with Gasteiger partial charge in [0.1, 0.15) is 5.38 Å². The van der Waals surface area contributed by atoms with Crippen LogP contribution in [0.3, 0.4) is 0 Å². The summed E-state index contributed by atoms with van der Waals surface area (Å²) < 4.78 is 31.0. The van der Waals surface area contributed by atoms with Crippen molar-refractivity contribution in [3.05, 3.63) is 29.3 Å². The maximum absolute atomic E-state index is 12.1. The molecule has 2 rings (SSSR count). The Hall–Kier alpha value is -1.11. The number of hydrogen-bond donors (Lipinski definition) is 1. The van der Waals surface area contributed by atoms with Crippen molar-refractivity contribution < 1.29 is 17.9 Å². The van der Waals surface area contributed by atoms with Crippen LogP contribution in [0.5, 0.6) is 0 Å². The molecule has 0 radical (unpaired) electrons. The number of benzene rings is 1.